The lowest BCUT2D eigenvalue weighted by atomic mass is 9.94. The number of hydrogen-bond donors (Lipinski definition) is 0. The molecule has 1 aromatic carbocycles. The van der Waals surface area contributed by atoms with E-state index in [4.69, 9.17) is 5.26 Å². The Hall–Kier alpha value is -1.62. The van der Waals surface area contributed by atoms with Gasteiger partial charge in [0.05, 0.1) is 6.07 Å². The maximum atomic E-state index is 11.4. The number of benzene rings is 1. The van der Waals surface area contributed by atoms with Gasteiger partial charge in [0.25, 0.3) is 0 Å². The van der Waals surface area contributed by atoms with Gasteiger partial charge in [-0.2, -0.15) is 5.26 Å². The van der Waals surface area contributed by atoms with Crippen LogP contribution in [-0.4, -0.2) is 5.78 Å². The highest BCUT2D eigenvalue weighted by Gasteiger charge is 2.17. The van der Waals surface area contributed by atoms with Crippen LogP contribution in [0, 0.1) is 18.3 Å². The molecule has 1 rings (SSSR count). The van der Waals surface area contributed by atoms with Gasteiger partial charge in [0.15, 0.2) is 5.78 Å². The lowest BCUT2D eigenvalue weighted by Gasteiger charge is -2.07. The Balaban J connectivity index is 3.02. The van der Waals surface area contributed by atoms with Gasteiger partial charge in [-0.15, -0.1) is 0 Å². The number of carbonyl (C=O) groups excluding carboxylic acids is 1. The second-order valence-corrected chi connectivity index (χ2v) is 3.30. The minimum absolute atomic E-state index is 0.0156. The summed E-state index contributed by atoms with van der Waals surface area (Å²) in [6.07, 6.45) is 0.409. The van der Waals surface area contributed by atoms with E-state index >= 15 is 0 Å². The van der Waals surface area contributed by atoms with Crippen LogP contribution in [0.4, 0.5) is 0 Å². The first-order valence-corrected chi connectivity index (χ1v) is 4.68. The summed E-state index contributed by atoms with van der Waals surface area (Å²) in [6, 6.07) is 9.59. The van der Waals surface area contributed by atoms with E-state index in [0.717, 1.165) is 11.1 Å². The van der Waals surface area contributed by atoms with Crippen molar-refractivity contribution in [2.45, 2.75) is 26.2 Å². The normalized spacial score (nSPS) is 11.8. The van der Waals surface area contributed by atoms with Crippen molar-refractivity contribution in [3.63, 3.8) is 0 Å². The van der Waals surface area contributed by atoms with Crippen LogP contribution in [0.3, 0.4) is 0 Å². The summed E-state index contributed by atoms with van der Waals surface area (Å²) < 4.78 is 0. The van der Waals surface area contributed by atoms with Crippen LogP contribution in [0.25, 0.3) is 0 Å². The Bertz CT molecular complexity index is 376. The molecule has 0 saturated carbocycles. The zero-order chi connectivity index (χ0) is 10.6. The molecule has 0 aromatic heterocycles. The van der Waals surface area contributed by atoms with Crippen LogP contribution in [0.1, 0.15) is 30.4 Å². The topological polar surface area (TPSA) is 40.9 Å². The van der Waals surface area contributed by atoms with Crippen LogP contribution in [0.5, 0.6) is 0 Å². The first-order chi connectivity index (χ1) is 6.69. The highest BCUT2D eigenvalue weighted by Crippen LogP contribution is 2.18. The van der Waals surface area contributed by atoms with Crippen LogP contribution >= 0.6 is 0 Å². The van der Waals surface area contributed by atoms with Gasteiger partial charge in [-0.1, -0.05) is 36.8 Å². The Morgan fingerprint density at radius 2 is 2.29 bits per heavy atom. The van der Waals surface area contributed by atoms with Crippen molar-refractivity contribution in [3.8, 4) is 6.07 Å². The SMILES string of the molecule is CCC(=O)[C@H](C#N)c1cccc(C)c1. The highest BCUT2D eigenvalue weighted by atomic mass is 16.1. The van der Waals surface area contributed by atoms with Gasteiger partial charge >= 0.3 is 0 Å². The molecule has 14 heavy (non-hydrogen) atoms. The van der Waals surface area contributed by atoms with E-state index in [0.29, 0.717) is 6.42 Å². The van der Waals surface area contributed by atoms with Gasteiger partial charge in [-0.05, 0) is 12.5 Å². The molecule has 1 atom stereocenters. The summed E-state index contributed by atoms with van der Waals surface area (Å²) in [7, 11) is 0. The molecule has 0 N–H and O–H groups in total. The highest BCUT2D eigenvalue weighted by molar-refractivity contribution is 5.88. The molecule has 0 fully saturated rings. The van der Waals surface area contributed by atoms with E-state index in [1.54, 1.807) is 6.92 Å². The van der Waals surface area contributed by atoms with Gasteiger partial charge in [0.2, 0.25) is 0 Å². The molecule has 0 aliphatic rings. The summed E-state index contributed by atoms with van der Waals surface area (Å²) >= 11 is 0. The largest absolute Gasteiger partial charge is 0.298 e. The lowest BCUT2D eigenvalue weighted by Crippen LogP contribution is -2.09. The number of hydrogen-bond acceptors (Lipinski definition) is 2. The fourth-order valence-electron chi connectivity index (χ4n) is 1.39. The van der Waals surface area contributed by atoms with Gasteiger partial charge < -0.3 is 0 Å². The van der Waals surface area contributed by atoms with E-state index in [1.807, 2.05) is 37.3 Å². The van der Waals surface area contributed by atoms with Crippen molar-refractivity contribution >= 4 is 5.78 Å². The van der Waals surface area contributed by atoms with Gasteiger partial charge in [-0.25, -0.2) is 0 Å². The van der Waals surface area contributed by atoms with E-state index in [-0.39, 0.29) is 5.78 Å². The molecular formula is C12H13NO. The zero-order valence-corrected chi connectivity index (χ0v) is 8.45. The Morgan fingerprint density at radius 1 is 1.57 bits per heavy atom. The van der Waals surface area contributed by atoms with E-state index < -0.39 is 5.92 Å². The minimum Gasteiger partial charge on any atom is -0.298 e. The van der Waals surface area contributed by atoms with Crippen molar-refractivity contribution in [1.29, 1.82) is 5.26 Å². The Labute approximate surface area is 84.2 Å². The summed E-state index contributed by atoms with van der Waals surface area (Å²) in [6.45, 7) is 3.73. The third kappa shape index (κ3) is 2.20. The average molecular weight is 187 g/mol. The average Bonchev–Trinajstić information content (AvgIpc) is 2.19. The van der Waals surface area contributed by atoms with Crippen molar-refractivity contribution < 1.29 is 4.79 Å². The number of Topliss-reactive ketones (excluding diaryl/α,β-unsaturated/α-hetero) is 1. The van der Waals surface area contributed by atoms with Crippen LogP contribution < -0.4 is 0 Å². The molecule has 0 saturated heterocycles. The maximum Gasteiger partial charge on any atom is 0.154 e. The lowest BCUT2D eigenvalue weighted by molar-refractivity contribution is -0.119. The fourth-order valence-corrected chi connectivity index (χ4v) is 1.39. The molecule has 0 aliphatic heterocycles. The van der Waals surface area contributed by atoms with Crippen LogP contribution in [0.15, 0.2) is 24.3 Å². The van der Waals surface area contributed by atoms with Crippen molar-refractivity contribution in [2.75, 3.05) is 0 Å². The Kier molecular flexibility index (Phi) is 3.41. The molecule has 0 unspecified atom stereocenters. The molecule has 0 heterocycles. The van der Waals surface area contributed by atoms with Crippen LogP contribution in [0.2, 0.25) is 0 Å². The molecule has 0 bridgehead atoms. The standard InChI is InChI=1S/C12H13NO/c1-3-12(14)11(8-13)10-6-4-5-9(2)7-10/h4-7,11H,3H2,1-2H3/t11-/m1/s1. The summed E-state index contributed by atoms with van der Waals surface area (Å²) in [5.74, 6) is -0.613. The first-order valence-electron chi connectivity index (χ1n) is 4.68. The van der Waals surface area contributed by atoms with Gasteiger partial charge in [0.1, 0.15) is 5.92 Å². The second kappa shape index (κ2) is 4.57. The monoisotopic (exact) mass is 187 g/mol. The molecule has 0 aliphatic carbocycles. The van der Waals surface area contributed by atoms with E-state index in [2.05, 4.69) is 0 Å². The minimum atomic E-state index is -0.597. The summed E-state index contributed by atoms with van der Waals surface area (Å²) in [4.78, 5) is 11.4. The number of rotatable bonds is 3. The van der Waals surface area contributed by atoms with Crippen molar-refractivity contribution in [2.24, 2.45) is 0 Å². The molecule has 2 heteroatoms. The predicted octanol–water partition coefficient (Wildman–Crippen LogP) is 2.58. The van der Waals surface area contributed by atoms with Gasteiger partial charge in [-0.3, -0.25) is 4.79 Å². The van der Waals surface area contributed by atoms with E-state index in [9.17, 15) is 4.79 Å². The maximum absolute atomic E-state index is 11.4. The van der Waals surface area contributed by atoms with Crippen LogP contribution in [-0.2, 0) is 4.79 Å². The van der Waals surface area contributed by atoms with Crippen molar-refractivity contribution in [1.82, 2.24) is 0 Å². The third-order valence-electron chi connectivity index (χ3n) is 2.17. The number of nitriles is 1. The Morgan fingerprint density at radius 3 is 2.79 bits per heavy atom. The molecule has 0 spiro atoms. The number of nitrogens with zero attached hydrogens (tertiary/aromatic N) is 1. The van der Waals surface area contributed by atoms with Gasteiger partial charge in [0, 0.05) is 6.42 Å². The van der Waals surface area contributed by atoms with E-state index in [1.165, 1.54) is 0 Å². The smallest absolute Gasteiger partial charge is 0.154 e. The fraction of sp³-hybridized carbons (Fsp3) is 0.333. The zero-order valence-electron chi connectivity index (χ0n) is 8.45. The predicted molar refractivity (Wildman–Crippen MR) is 54.8 cm³/mol. The first kappa shape index (κ1) is 10.5. The number of ketones is 1. The molecule has 0 radical (unpaired) electrons. The second-order valence-electron chi connectivity index (χ2n) is 3.30. The molecule has 2 nitrogen and oxygen atoms in total. The summed E-state index contributed by atoms with van der Waals surface area (Å²) in [5, 5.41) is 8.90. The summed E-state index contributed by atoms with van der Waals surface area (Å²) in [5.41, 5.74) is 1.88. The number of carbonyl (C=O) groups is 1. The quantitative estimate of drug-likeness (QED) is 0.729. The third-order valence-corrected chi connectivity index (χ3v) is 2.17. The molecule has 0 amide bonds. The molecule has 1 aromatic rings. The molecular weight excluding hydrogens is 174 g/mol. The number of aryl methyl sites for hydroxylation is 1. The molecule has 72 valence electrons. The van der Waals surface area contributed by atoms with Crippen molar-refractivity contribution in [3.05, 3.63) is 35.4 Å².